The minimum atomic E-state index is -2.39. The molecule has 1 aliphatic heterocycles. The van der Waals surface area contributed by atoms with E-state index in [4.69, 9.17) is 13.9 Å². The van der Waals surface area contributed by atoms with Crippen LogP contribution in [0.25, 0.3) is 5.76 Å². The fraction of sp³-hybridized carbons (Fsp3) is 0.351. The van der Waals surface area contributed by atoms with Crippen LogP contribution in [0.2, 0.25) is 16.6 Å². The van der Waals surface area contributed by atoms with Crippen LogP contribution in [0, 0.1) is 0 Å². The van der Waals surface area contributed by atoms with E-state index in [1.165, 1.54) is 0 Å². The molecule has 3 aromatic rings. The van der Waals surface area contributed by atoms with Gasteiger partial charge in [0.2, 0.25) is 0 Å². The van der Waals surface area contributed by atoms with Gasteiger partial charge in [-0.15, -0.1) is 6.58 Å². The monoisotopic (exact) mass is 611 g/mol. The fourth-order valence-electron chi connectivity index (χ4n) is 6.39. The third kappa shape index (κ3) is 7.16. The largest absolute Gasteiger partial charge is 0.542 e. The Morgan fingerprint density at radius 2 is 1.36 bits per heavy atom. The lowest BCUT2D eigenvalue weighted by Gasteiger charge is -2.45. The van der Waals surface area contributed by atoms with Crippen molar-refractivity contribution in [1.82, 2.24) is 0 Å². The first-order valence-electron chi connectivity index (χ1n) is 15.5. The molecule has 1 amide bonds. The van der Waals surface area contributed by atoms with E-state index >= 15 is 0 Å². The van der Waals surface area contributed by atoms with Crippen LogP contribution in [0.5, 0.6) is 0 Å². The quantitative estimate of drug-likeness (QED) is 0.116. The van der Waals surface area contributed by atoms with E-state index in [2.05, 4.69) is 48.1 Å². The van der Waals surface area contributed by atoms with Crippen LogP contribution >= 0.6 is 0 Å². The van der Waals surface area contributed by atoms with Crippen molar-refractivity contribution in [3.05, 3.63) is 120 Å². The molecule has 0 saturated carbocycles. The first-order valence-corrected chi connectivity index (χ1v) is 17.6. The summed E-state index contributed by atoms with van der Waals surface area (Å²) in [6, 6.07) is 24.1. The molecule has 0 fully saturated rings. The third-order valence-corrected chi connectivity index (χ3v) is 14.4. The van der Waals surface area contributed by atoms with Crippen molar-refractivity contribution < 1.29 is 23.5 Å². The van der Waals surface area contributed by atoms with Gasteiger partial charge >= 0.3 is 12.1 Å². The molecule has 44 heavy (non-hydrogen) atoms. The molecular weight excluding hydrogens is 566 g/mol. The number of hydrogen-bond donors (Lipinski definition) is 0. The number of ether oxygens (including phenoxy) is 2. The van der Waals surface area contributed by atoms with Crippen LogP contribution < -0.4 is 4.90 Å². The van der Waals surface area contributed by atoms with Gasteiger partial charge in [-0.1, -0.05) is 108 Å². The lowest BCUT2D eigenvalue weighted by atomic mass is 9.97. The second-order valence-electron chi connectivity index (χ2n) is 12.2. The summed E-state index contributed by atoms with van der Waals surface area (Å²) < 4.78 is 18.7. The summed E-state index contributed by atoms with van der Waals surface area (Å²) in [4.78, 5) is 28.6. The highest BCUT2D eigenvalue weighted by molar-refractivity contribution is 6.78. The molecule has 1 heterocycles. The van der Waals surface area contributed by atoms with Crippen LogP contribution in [0.3, 0.4) is 0 Å². The van der Waals surface area contributed by atoms with Gasteiger partial charge in [-0.05, 0) is 58.4 Å². The average molecular weight is 612 g/mol. The zero-order valence-corrected chi connectivity index (χ0v) is 27.8. The first-order chi connectivity index (χ1) is 21.1. The summed E-state index contributed by atoms with van der Waals surface area (Å²) in [5, 5.41) is 0. The summed E-state index contributed by atoms with van der Waals surface area (Å²) >= 11 is 0. The lowest BCUT2D eigenvalue weighted by molar-refractivity contribution is 0.0472. The highest BCUT2D eigenvalue weighted by Crippen LogP contribution is 2.47. The predicted octanol–water partition coefficient (Wildman–Crippen LogP) is 9.68. The average Bonchev–Trinajstić information content (AvgIpc) is 3.01. The van der Waals surface area contributed by atoms with Crippen LogP contribution in [0.4, 0.5) is 10.5 Å². The molecule has 4 rings (SSSR count). The van der Waals surface area contributed by atoms with Gasteiger partial charge in [0.05, 0.1) is 17.3 Å². The van der Waals surface area contributed by atoms with Crippen molar-refractivity contribution >= 4 is 31.8 Å². The molecule has 0 N–H and O–H groups in total. The number of nitrogens with zero attached hydrogens (tertiary/aromatic N) is 1. The summed E-state index contributed by atoms with van der Waals surface area (Å²) in [5.41, 5.74) is 4.49. The summed E-state index contributed by atoms with van der Waals surface area (Å²) in [6.07, 6.45) is 3.83. The van der Waals surface area contributed by atoms with E-state index in [9.17, 15) is 9.59 Å². The molecule has 0 aromatic heterocycles. The molecule has 0 saturated heterocycles. The van der Waals surface area contributed by atoms with Crippen molar-refractivity contribution in [1.29, 1.82) is 0 Å². The number of anilines is 1. The second-order valence-corrected chi connectivity index (χ2v) is 17.6. The number of amides is 1. The Labute approximate surface area is 263 Å². The van der Waals surface area contributed by atoms with Crippen molar-refractivity contribution in [3.63, 3.8) is 0 Å². The van der Waals surface area contributed by atoms with Crippen LogP contribution in [-0.2, 0) is 27.1 Å². The number of esters is 1. The van der Waals surface area contributed by atoms with Gasteiger partial charge in [-0.3, -0.25) is 4.90 Å². The molecule has 6 nitrogen and oxygen atoms in total. The Kier molecular flexibility index (Phi) is 10.9. The van der Waals surface area contributed by atoms with Gasteiger partial charge in [-0.25, -0.2) is 9.59 Å². The van der Waals surface area contributed by atoms with Gasteiger partial charge in [-0.2, -0.15) is 0 Å². The smallest absolute Gasteiger partial charge is 0.415 e. The number of carbonyl (C=O) groups is 2. The number of fused-ring (bicyclic) bond motifs is 1. The lowest BCUT2D eigenvalue weighted by Crippen LogP contribution is -2.48. The Hall–Kier alpha value is -4.10. The Morgan fingerprint density at radius 1 is 0.818 bits per heavy atom. The SMILES string of the molecule is C=CCC1C=C(O[Si](C(C)C)(C(C)C)C(C)C)c2cc(C(=O)OCc3ccccc3)ccc2N1C(=O)OCc1ccccc1. The maximum absolute atomic E-state index is 13.7. The molecule has 0 spiro atoms. The molecule has 1 aliphatic rings. The van der Waals surface area contributed by atoms with Gasteiger partial charge in [0, 0.05) is 5.56 Å². The normalized spacial score (nSPS) is 14.7. The summed E-state index contributed by atoms with van der Waals surface area (Å²) in [6.45, 7) is 17.7. The van der Waals surface area contributed by atoms with Crippen molar-refractivity contribution in [2.24, 2.45) is 0 Å². The van der Waals surface area contributed by atoms with E-state index < -0.39 is 20.4 Å². The number of benzene rings is 3. The van der Waals surface area contributed by atoms with Crippen molar-refractivity contribution in [3.8, 4) is 0 Å². The summed E-state index contributed by atoms with van der Waals surface area (Å²) in [7, 11) is -2.39. The Bertz CT molecular complexity index is 1440. The van der Waals surface area contributed by atoms with Crippen molar-refractivity contribution in [2.45, 2.75) is 83.8 Å². The number of rotatable bonds is 12. The van der Waals surface area contributed by atoms with Gasteiger partial charge in [0.15, 0.2) is 0 Å². The van der Waals surface area contributed by atoms with E-state index in [0.29, 0.717) is 45.6 Å². The molecule has 7 heteroatoms. The molecular formula is C37H45NO5Si. The molecule has 1 unspecified atom stereocenters. The zero-order valence-electron chi connectivity index (χ0n) is 26.8. The van der Waals surface area contributed by atoms with E-state index in [1.54, 1.807) is 29.2 Å². The molecule has 232 valence electrons. The van der Waals surface area contributed by atoms with Crippen LogP contribution in [0.15, 0.2) is 97.6 Å². The maximum Gasteiger partial charge on any atom is 0.415 e. The topological polar surface area (TPSA) is 65.1 Å². The predicted molar refractivity (Wildman–Crippen MR) is 180 cm³/mol. The highest BCUT2D eigenvalue weighted by atomic mass is 28.4. The summed E-state index contributed by atoms with van der Waals surface area (Å²) in [5.74, 6) is 0.252. The molecule has 1 atom stereocenters. The van der Waals surface area contributed by atoms with E-state index in [0.717, 1.165) is 11.1 Å². The fourth-order valence-corrected chi connectivity index (χ4v) is 11.7. The minimum absolute atomic E-state index is 0.146. The van der Waals surface area contributed by atoms with Gasteiger partial charge < -0.3 is 13.9 Å². The van der Waals surface area contributed by atoms with Crippen LogP contribution in [0.1, 0.15) is 75.0 Å². The van der Waals surface area contributed by atoms with Crippen LogP contribution in [-0.4, -0.2) is 26.4 Å². The second kappa shape index (κ2) is 14.6. The third-order valence-electron chi connectivity index (χ3n) is 8.45. The molecule has 0 bridgehead atoms. The molecule has 0 aliphatic carbocycles. The molecule has 0 radical (unpaired) electrons. The van der Waals surface area contributed by atoms with E-state index in [-0.39, 0.29) is 19.3 Å². The highest BCUT2D eigenvalue weighted by Gasteiger charge is 2.48. The van der Waals surface area contributed by atoms with Gasteiger partial charge in [0.1, 0.15) is 19.0 Å². The number of hydrogen-bond acceptors (Lipinski definition) is 5. The zero-order chi connectivity index (χ0) is 31.9. The minimum Gasteiger partial charge on any atom is -0.542 e. The van der Waals surface area contributed by atoms with Crippen molar-refractivity contribution in [2.75, 3.05) is 4.90 Å². The molecule has 3 aromatic carbocycles. The Balaban J connectivity index is 1.76. The first kappa shape index (κ1) is 32.8. The Morgan fingerprint density at radius 3 is 1.89 bits per heavy atom. The van der Waals surface area contributed by atoms with E-state index in [1.807, 2.05) is 66.7 Å². The van der Waals surface area contributed by atoms with Gasteiger partial charge in [0.25, 0.3) is 8.32 Å². The standard InChI is InChI=1S/C37H45NO5Si/c1-8-15-32-23-35(43-44(26(2)3,27(4)5)28(6)7)33-22-31(36(39)41-24-29-16-11-9-12-17-29)20-21-34(33)38(32)37(40)42-25-30-18-13-10-14-19-30/h8-14,16-23,26-28,32H,1,15,24-25H2,2-7H3. The number of carbonyl (C=O) groups excluding carboxylic acids is 2. The maximum atomic E-state index is 13.7.